The third-order valence-corrected chi connectivity index (χ3v) is 2.59. The van der Waals surface area contributed by atoms with E-state index in [1.54, 1.807) is 24.3 Å². The van der Waals surface area contributed by atoms with E-state index in [2.05, 4.69) is 0 Å². The smallest absolute Gasteiger partial charge is 0.465 e. The molecule has 16 heavy (non-hydrogen) atoms. The van der Waals surface area contributed by atoms with E-state index >= 15 is 0 Å². The highest BCUT2D eigenvalue weighted by molar-refractivity contribution is 6.59. The van der Waals surface area contributed by atoms with Crippen LogP contribution in [0, 0.1) is 0 Å². The van der Waals surface area contributed by atoms with E-state index in [1.165, 1.54) is 0 Å². The maximum absolute atomic E-state index is 9.17. The van der Waals surface area contributed by atoms with Crippen LogP contribution in [0.25, 0.3) is 0 Å². The van der Waals surface area contributed by atoms with Crippen LogP contribution in [0.4, 0.5) is 0 Å². The minimum absolute atomic E-state index is 0.270. The number of rotatable bonds is 3. The molecule has 0 aliphatic carbocycles. The minimum atomic E-state index is -1.51. The summed E-state index contributed by atoms with van der Waals surface area (Å²) in [6, 6.07) is 6.88. The molecule has 1 aromatic carbocycles. The second kappa shape index (κ2) is 5.34. The van der Waals surface area contributed by atoms with Gasteiger partial charge in [-0.3, -0.25) is 0 Å². The molecule has 1 unspecified atom stereocenters. The molecule has 1 atom stereocenters. The summed E-state index contributed by atoms with van der Waals surface area (Å²) in [4.78, 5) is 0. The van der Waals surface area contributed by atoms with Crippen LogP contribution >= 0.6 is 0 Å². The molecular formula is C11H15BO4. The Kier molecular flexibility index (Phi) is 3.82. The van der Waals surface area contributed by atoms with Crippen molar-refractivity contribution in [3.8, 4) is 5.75 Å². The predicted octanol–water partition coefficient (Wildman–Crippen LogP) is 0.272. The zero-order valence-electron chi connectivity index (χ0n) is 9.00. The van der Waals surface area contributed by atoms with Gasteiger partial charge in [0.1, 0.15) is 5.75 Å². The molecule has 1 aliphatic heterocycles. The zero-order valence-corrected chi connectivity index (χ0v) is 9.00. The number of hydrogen-bond donors (Lipinski definition) is 2. The van der Waals surface area contributed by atoms with Crippen LogP contribution in [0.1, 0.15) is 19.3 Å². The van der Waals surface area contributed by atoms with E-state index in [1.807, 2.05) is 0 Å². The first-order valence-electron chi connectivity index (χ1n) is 5.50. The fourth-order valence-corrected chi connectivity index (χ4v) is 1.75. The van der Waals surface area contributed by atoms with E-state index < -0.39 is 7.12 Å². The maximum Gasteiger partial charge on any atom is 0.492 e. The molecule has 5 heteroatoms. The molecule has 0 aromatic heterocycles. The van der Waals surface area contributed by atoms with Gasteiger partial charge in [-0.15, -0.1) is 0 Å². The van der Waals surface area contributed by atoms with Gasteiger partial charge in [-0.1, -0.05) is 18.2 Å². The monoisotopic (exact) mass is 222 g/mol. The molecule has 4 nitrogen and oxygen atoms in total. The van der Waals surface area contributed by atoms with Crippen molar-refractivity contribution in [2.75, 3.05) is 6.61 Å². The Morgan fingerprint density at radius 3 is 2.75 bits per heavy atom. The third-order valence-electron chi connectivity index (χ3n) is 2.59. The van der Waals surface area contributed by atoms with Crippen molar-refractivity contribution in [1.82, 2.24) is 0 Å². The first kappa shape index (κ1) is 11.5. The Morgan fingerprint density at radius 2 is 2.06 bits per heavy atom. The van der Waals surface area contributed by atoms with Gasteiger partial charge in [0.15, 0.2) is 6.29 Å². The van der Waals surface area contributed by atoms with Crippen molar-refractivity contribution >= 4 is 12.6 Å². The van der Waals surface area contributed by atoms with Crippen molar-refractivity contribution in [3.63, 3.8) is 0 Å². The highest BCUT2D eigenvalue weighted by Gasteiger charge is 2.20. The lowest BCUT2D eigenvalue weighted by Crippen LogP contribution is -2.34. The van der Waals surface area contributed by atoms with Crippen molar-refractivity contribution in [2.45, 2.75) is 25.6 Å². The van der Waals surface area contributed by atoms with Crippen molar-refractivity contribution in [3.05, 3.63) is 24.3 Å². The van der Waals surface area contributed by atoms with Crippen LogP contribution < -0.4 is 10.2 Å². The lowest BCUT2D eigenvalue weighted by atomic mass is 9.79. The summed E-state index contributed by atoms with van der Waals surface area (Å²) < 4.78 is 11.0. The average Bonchev–Trinajstić information content (AvgIpc) is 2.31. The Labute approximate surface area is 95.0 Å². The highest BCUT2D eigenvalue weighted by Crippen LogP contribution is 2.17. The van der Waals surface area contributed by atoms with E-state index in [0.717, 1.165) is 19.3 Å². The SMILES string of the molecule is OB(O)c1ccccc1OC1CCCCO1. The average molecular weight is 222 g/mol. The Morgan fingerprint density at radius 1 is 1.25 bits per heavy atom. The molecular weight excluding hydrogens is 207 g/mol. The van der Waals surface area contributed by atoms with Crippen molar-refractivity contribution in [2.24, 2.45) is 0 Å². The zero-order chi connectivity index (χ0) is 11.4. The lowest BCUT2D eigenvalue weighted by molar-refractivity contribution is -0.105. The van der Waals surface area contributed by atoms with E-state index in [4.69, 9.17) is 19.5 Å². The summed E-state index contributed by atoms with van der Waals surface area (Å²) >= 11 is 0. The van der Waals surface area contributed by atoms with Gasteiger partial charge in [-0.05, 0) is 18.9 Å². The molecule has 0 radical (unpaired) electrons. The first-order valence-corrected chi connectivity index (χ1v) is 5.50. The Balaban J connectivity index is 2.07. The fraction of sp³-hybridized carbons (Fsp3) is 0.455. The summed E-state index contributed by atoms with van der Waals surface area (Å²) in [6.45, 7) is 0.703. The van der Waals surface area contributed by atoms with E-state index in [0.29, 0.717) is 17.8 Å². The maximum atomic E-state index is 9.17. The van der Waals surface area contributed by atoms with Crippen molar-refractivity contribution < 1.29 is 19.5 Å². The summed E-state index contributed by atoms with van der Waals surface area (Å²) in [6.07, 6.45) is 2.71. The largest absolute Gasteiger partial charge is 0.492 e. The van der Waals surface area contributed by atoms with Crippen LogP contribution in [0.5, 0.6) is 5.75 Å². The minimum Gasteiger partial charge on any atom is -0.465 e. The lowest BCUT2D eigenvalue weighted by Gasteiger charge is -2.24. The second-order valence-electron chi connectivity index (χ2n) is 3.83. The highest BCUT2D eigenvalue weighted by atomic mass is 16.7. The topological polar surface area (TPSA) is 58.9 Å². The van der Waals surface area contributed by atoms with Crippen LogP contribution in [0.3, 0.4) is 0 Å². The Bertz CT molecular complexity index is 337. The summed E-state index contributed by atoms with van der Waals surface area (Å²) in [5.41, 5.74) is 0.372. The molecule has 1 heterocycles. The third kappa shape index (κ3) is 2.75. The molecule has 1 aliphatic rings. The molecule has 0 amide bonds. The predicted molar refractivity (Wildman–Crippen MR) is 60.5 cm³/mol. The molecule has 0 bridgehead atoms. The molecule has 1 saturated heterocycles. The Hall–Kier alpha value is -1.04. The van der Waals surface area contributed by atoms with E-state index in [9.17, 15) is 0 Å². The standard InChI is InChI=1S/C11H15BO4/c13-12(14)9-5-1-2-6-10(9)16-11-7-3-4-8-15-11/h1-2,5-6,11,13-14H,3-4,7-8H2. The van der Waals surface area contributed by atoms with Crippen LogP contribution in [-0.4, -0.2) is 30.1 Å². The van der Waals surface area contributed by atoms with Gasteiger partial charge in [-0.25, -0.2) is 0 Å². The number of para-hydroxylation sites is 1. The van der Waals surface area contributed by atoms with Gasteiger partial charge in [0.05, 0.1) is 6.61 Å². The molecule has 2 N–H and O–H groups in total. The van der Waals surface area contributed by atoms with Gasteiger partial charge in [0.25, 0.3) is 0 Å². The molecule has 2 rings (SSSR count). The van der Waals surface area contributed by atoms with Gasteiger partial charge in [0.2, 0.25) is 0 Å². The van der Waals surface area contributed by atoms with Gasteiger partial charge < -0.3 is 19.5 Å². The van der Waals surface area contributed by atoms with Crippen molar-refractivity contribution in [1.29, 1.82) is 0 Å². The normalized spacial score (nSPS) is 20.5. The fourth-order valence-electron chi connectivity index (χ4n) is 1.75. The molecule has 86 valence electrons. The van der Waals surface area contributed by atoms with Crippen LogP contribution in [0.2, 0.25) is 0 Å². The number of ether oxygens (including phenoxy) is 2. The summed E-state index contributed by atoms with van der Waals surface area (Å²) in [5, 5.41) is 18.3. The molecule has 1 fully saturated rings. The first-order chi connectivity index (χ1) is 7.77. The van der Waals surface area contributed by atoms with E-state index in [-0.39, 0.29) is 6.29 Å². The summed E-state index contributed by atoms with van der Waals surface area (Å²) in [5.74, 6) is 0.476. The molecule has 0 spiro atoms. The number of benzene rings is 1. The van der Waals surface area contributed by atoms with Crippen LogP contribution in [-0.2, 0) is 4.74 Å². The number of hydrogen-bond acceptors (Lipinski definition) is 4. The van der Waals surface area contributed by atoms with Crippen LogP contribution in [0.15, 0.2) is 24.3 Å². The van der Waals surface area contributed by atoms with Gasteiger partial charge in [-0.2, -0.15) is 0 Å². The van der Waals surface area contributed by atoms with Gasteiger partial charge >= 0.3 is 7.12 Å². The van der Waals surface area contributed by atoms with Gasteiger partial charge in [0, 0.05) is 11.9 Å². The second-order valence-corrected chi connectivity index (χ2v) is 3.83. The summed E-state index contributed by atoms with van der Waals surface area (Å²) in [7, 11) is -1.51. The quantitative estimate of drug-likeness (QED) is 0.720. The molecule has 1 aromatic rings. The molecule has 0 saturated carbocycles.